The van der Waals surface area contributed by atoms with E-state index in [4.69, 9.17) is 14.4 Å². The second kappa shape index (κ2) is 6.39. The first-order chi connectivity index (χ1) is 10.2. The molecular weight excluding hydrogens is 274 g/mol. The van der Waals surface area contributed by atoms with Gasteiger partial charge in [0.05, 0.1) is 30.6 Å². The Kier molecular flexibility index (Phi) is 4.36. The number of benzene rings is 1. The Labute approximate surface area is 120 Å². The molecule has 0 fully saturated rings. The van der Waals surface area contributed by atoms with Gasteiger partial charge in [0.2, 0.25) is 5.76 Å². The average molecular weight is 285 g/mol. The van der Waals surface area contributed by atoms with E-state index in [2.05, 4.69) is 4.74 Å². The molecule has 0 bridgehead atoms. The maximum atomic E-state index is 11.9. The lowest BCUT2D eigenvalue weighted by molar-refractivity contribution is 0.0453. The Morgan fingerprint density at radius 1 is 1.29 bits per heavy atom. The lowest BCUT2D eigenvalue weighted by Gasteiger charge is -2.05. The van der Waals surface area contributed by atoms with Crippen molar-refractivity contribution in [2.75, 3.05) is 7.11 Å². The van der Waals surface area contributed by atoms with E-state index in [1.54, 1.807) is 18.2 Å². The molecule has 21 heavy (non-hydrogen) atoms. The molecule has 0 radical (unpaired) electrons. The van der Waals surface area contributed by atoms with E-state index in [1.165, 1.54) is 25.5 Å². The summed E-state index contributed by atoms with van der Waals surface area (Å²) in [6.45, 7) is -0.128. The third-order valence-corrected chi connectivity index (χ3v) is 2.70. The van der Waals surface area contributed by atoms with E-state index >= 15 is 0 Å². The SMILES string of the molecule is COC(=O)c1occc1COC(=O)c1cccc(C#N)c1. The number of esters is 2. The maximum Gasteiger partial charge on any atom is 0.374 e. The van der Waals surface area contributed by atoms with E-state index in [9.17, 15) is 9.59 Å². The molecular formula is C15H11NO5. The smallest absolute Gasteiger partial charge is 0.374 e. The fraction of sp³-hybridized carbons (Fsp3) is 0.133. The summed E-state index contributed by atoms with van der Waals surface area (Å²) in [5, 5.41) is 8.78. The van der Waals surface area contributed by atoms with Crippen LogP contribution < -0.4 is 0 Å². The van der Waals surface area contributed by atoms with Crippen molar-refractivity contribution in [1.29, 1.82) is 5.26 Å². The van der Waals surface area contributed by atoms with Crippen LogP contribution in [0.25, 0.3) is 0 Å². The first kappa shape index (κ1) is 14.3. The Balaban J connectivity index is 2.06. The van der Waals surface area contributed by atoms with Crippen molar-refractivity contribution in [1.82, 2.24) is 0 Å². The zero-order valence-corrected chi connectivity index (χ0v) is 11.2. The largest absolute Gasteiger partial charge is 0.463 e. The number of furan rings is 1. The topological polar surface area (TPSA) is 89.5 Å². The quantitative estimate of drug-likeness (QED) is 0.801. The van der Waals surface area contributed by atoms with Gasteiger partial charge in [-0.15, -0.1) is 0 Å². The molecule has 0 aliphatic heterocycles. The molecule has 1 aromatic heterocycles. The molecule has 2 aromatic rings. The van der Waals surface area contributed by atoms with Crippen molar-refractivity contribution in [2.24, 2.45) is 0 Å². The number of hydrogen-bond donors (Lipinski definition) is 0. The van der Waals surface area contributed by atoms with E-state index in [-0.39, 0.29) is 17.9 Å². The molecule has 0 saturated carbocycles. The van der Waals surface area contributed by atoms with Crippen molar-refractivity contribution in [3.8, 4) is 6.07 Å². The molecule has 0 aliphatic carbocycles. The van der Waals surface area contributed by atoms with Gasteiger partial charge in [-0.2, -0.15) is 5.26 Å². The number of hydrogen-bond acceptors (Lipinski definition) is 6. The van der Waals surface area contributed by atoms with Crippen LogP contribution in [0.5, 0.6) is 0 Å². The van der Waals surface area contributed by atoms with Crippen LogP contribution in [0.15, 0.2) is 41.0 Å². The number of carbonyl (C=O) groups excluding carboxylic acids is 2. The van der Waals surface area contributed by atoms with Crippen molar-refractivity contribution >= 4 is 11.9 Å². The molecule has 6 nitrogen and oxygen atoms in total. The van der Waals surface area contributed by atoms with Crippen LogP contribution in [0.2, 0.25) is 0 Å². The highest BCUT2D eigenvalue weighted by molar-refractivity contribution is 5.90. The Morgan fingerprint density at radius 3 is 2.81 bits per heavy atom. The van der Waals surface area contributed by atoms with Crippen LogP contribution in [0.4, 0.5) is 0 Å². The van der Waals surface area contributed by atoms with E-state index < -0.39 is 11.9 Å². The zero-order valence-electron chi connectivity index (χ0n) is 11.2. The zero-order chi connectivity index (χ0) is 15.2. The van der Waals surface area contributed by atoms with Gasteiger partial charge < -0.3 is 13.9 Å². The summed E-state index contributed by atoms with van der Waals surface area (Å²) < 4.78 is 14.6. The van der Waals surface area contributed by atoms with Crippen LogP contribution >= 0.6 is 0 Å². The van der Waals surface area contributed by atoms with Crippen molar-refractivity contribution < 1.29 is 23.5 Å². The minimum Gasteiger partial charge on any atom is -0.463 e. The second-order valence-electron chi connectivity index (χ2n) is 4.04. The van der Waals surface area contributed by atoms with Crippen LogP contribution in [0.1, 0.15) is 32.0 Å². The van der Waals surface area contributed by atoms with Gasteiger partial charge in [0, 0.05) is 5.56 Å². The molecule has 0 N–H and O–H groups in total. The maximum absolute atomic E-state index is 11.9. The van der Waals surface area contributed by atoms with Gasteiger partial charge in [-0.05, 0) is 24.3 Å². The number of rotatable bonds is 4. The molecule has 0 aliphatic rings. The minimum absolute atomic E-state index is 0.00363. The predicted molar refractivity (Wildman–Crippen MR) is 70.3 cm³/mol. The Morgan fingerprint density at radius 2 is 2.10 bits per heavy atom. The summed E-state index contributed by atoms with van der Waals surface area (Å²) in [6.07, 6.45) is 1.31. The molecule has 0 unspecified atom stereocenters. The Hall–Kier alpha value is -3.07. The van der Waals surface area contributed by atoms with Crippen molar-refractivity contribution in [3.05, 3.63) is 59.0 Å². The highest BCUT2D eigenvalue weighted by atomic mass is 16.5. The first-order valence-electron chi connectivity index (χ1n) is 5.97. The molecule has 0 spiro atoms. The number of nitrogens with zero attached hydrogens (tertiary/aromatic N) is 1. The van der Waals surface area contributed by atoms with Gasteiger partial charge in [-0.1, -0.05) is 6.07 Å². The molecule has 0 amide bonds. The third-order valence-electron chi connectivity index (χ3n) is 2.70. The summed E-state index contributed by atoms with van der Waals surface area (Å²) in [4.78, 5) is 23.3. The summed E-state index contributed by atoms with van der Waals surface area (Å²) in [6, 6.07) is 9.61. The van der Waals surface area contributed by atoms with Crippen LogP contribution in [0, 0.1) is 11.3 Å². The van der Waals surface area contributed by atoms with E-state index in [0.29, 0.717) is 11.1 Å². The summed E-state index contributed by atoms with van der Waals surface area (Å²) in [5.41, 5.74) is 1.03. The highest BCUT2D eigenvalue weighted by Crippen LogP contribution is 2.14. The van der Waals surface area contributed by atoms with Crippen molar-refractivity contribution in [3.63, 3.8) is 0 Å². The fourth-order valence-electron chi connectivity index (χ4n) is 1.66. The molecule has 0 saturated heterocycles. The summed E-state index contributed by atoms with van der Waals surface area (Å²) in [7, 11) is 1.23. The van der Waals surface area contributed by atoms with E-state index in [1.807, 2.05) is 6.07 Å². The molecule has 1 aromatic carbocycles. The summed E-state index contributed by atoms with van der Waals surface area (Å²) >= 11 is 0. The number of methoxy groups -OCH3 is 1. The fourth-order valence-corrected chi connectivity index (χ4v) is 1.66. The van der Waals surface area contributed by atoms with Crippen molar-refractivity contribution in [2.45, 2.75) is 6.61 Å². The molecule has 0 atom stereocenters. The Bertz CT molecular complexity index is 711. The van der Waals surface area contributed by atoms with Crippen LogP contribution in [0.3, 0.4) is 0 Å². The standard InChI is InChI=1S/C15H11NO5/c1-19-15(18)13-12(5-6-20-13)9-21-14(17)11-4-2-3-10(7-11)8-16/h2-7H,9H2,1H3. The lowest BCUT2D eigenvalue weighted by atomic mass is 10.1. The van der Waals surface area contributed by atoms with Crippen LogP contribution in [-0.4, -0.2) is 19.0 Å². The van der Waals surface area contributed by atoms with Gasteiger partial charge in [-0.3, -0.25) is 0 Å². The van der Waals surface area contributed by atoms with Gasteiger partial charge in [0.1, 0.15) is 6.61 Å². The normalized spacial score (nSPS) is 9.71. The number of ether oxygens (including phenoxy) is 2. The van der Waals surface area contributed by atoms with Gasteiger partial charge >= 0.3 is 11.9 Å². The second-order valence-corrected chi connectivity index (χ2v) is 4.04. The monoisotopic (exact) mass is 285 g/mol. The van der Waals surface area contributed by atoms with E-state index in [0.717, 1.165) is 0 Å². The van der Waals surface area contributed by atoms with Gasteiger partial charge in [0.25, 0.3) is 0 Å². The van der Waals surface area contributed by atoms with Gasteiger partial charge in [0.15, 0.2) is 0 Å². The summed E-state index contributed by atoms with van der Waals surface area (Å²) in [5.74, 6) is -1.24. The molecule has 2 rings (SSSR count). The average Bonchev–Trinajstić information content (AvgIpc) is 3.00. The minimum atomic E-state index is -0.641. The molecule has 6 heteroatoms. The molecule has 1 heterocycles. The van der Waals surface area contributed by atoms with Gasteiger partial charge in [-0.25, -0.2) is 9.59 Å². The predicted octanol–water partition coefficient (Wildman–Crippen LogP) is 2.29. The highest BCUT2D eigenvalue weighted by Gasteiger charge is 2.17. The number of carbonyl (C=O) groups is 2. The third kappa shape index (κ3) is 3.28. The lowest BCUT2D eigenvalue weighted by Crippen LogP contribution is -2.08. The van der Waals surface area contributed by atoms with Crippen LogP contribution in [-0.2, 0) is 16.1 Å². The number of nitriles is 1. The molecule has 106 valence electrons. The first-order valence-corrected chi connectivity index (χ1v) is 5.97.